The van der Waals surface area contributed by atoms with Gasteiger partial charge < -0.3 is 17.7 Å². The van der Waals surface area contributed by atoms with Crippen molar-refractivity contribution in [3.8, 4) is 0 Å². The zero-order valence-corrected chi connectivity index (χ0v) is 12.1. The van der Waals surface area contributed by atoms with E-state index in [4.69, 9.17) is 17.7 Å². The fraction of sp³-hybridized carbons (Fsp3) is 1.00. The van der Waals surface area contributed by atoms with Gasteiger partial charge in [-0.1, -0.05) is 0 Å². The molecule has 0 saturated carbocycles. The predicted molar refractivity (Wildman–Crippen MR) is 84.6 cm³/mol. The predicted octanol–water partition coefficient (Wildman–Crippen LogP) is -1.01. The van der Waals surface area contributed by atoms with Crippen molar-refractivity contribution in [1.29, 1.82) is 0 Å². The molecule has 0 saturated heterocycles. The van der Waals surface area contributed by atoms with Crippen LogP contribution in [0, 0.1) is 0 Å². The summed E-state index contributed by atoms with van der Waals surface area (Å²) in [6.45, 7) is 9.80. The van der Waals surface area contributed by atoms with Gasteiger partial charge in [0.15, 0.2) is 0 Å². The van der Waals surface area contributed by atoms with Crippen LogP contribution in [0.1, 0.15) is 27.7 Å². The van der Waals surface area contributed by atoms with Crippen LogP contribution < -0.4 is 0 Å². The topological polar surface area (TPSA) is 36.9 Å². The molecular weight excluding hydrogens is 258 g/mol. The molecule has 16 heavy (non-hydrogen) atoms. The fourth-order valence-electron chi connectivity index (χ4n) is 0.957. The molecule has 0 amide bonds. The molecule has 0 radical (unpaired) electrons. The van der Waals surface area contributed by atoms with Gasteiger partial charge in [0.2, 0.25) is 0 Å². The fourth-order valence-corrected chi connectivity index (χ4v) is 2.87. The molecule has 0 fully saturated rings. The van der Waals surface area contributed by atoms with Crippen molar-refractivity contribution in [2.24, 2.45) is 0 Å². The standard InChI is InChI=1S/C8H20O4Si.BH3.H3P.H4Si/c1-5-9-13(10-6-2,11-7-3)12-8-4;;;/h5-8H2,1-4H3;2*1H3;1H4. The average Bonchev–Trinajstić information content (AvgIpc) is 2.06. The van der Waals surface area contributed by atoms with Crippen molar-refractivity contribution < 1.29 is 17.7 Å². The zero-order valence-electron chi connectivity index (χ0n) is 9.67. The van der Waals surface area contributed by atoms with Gasteiger partial charge in [0.05, 0.1) is 8.41 Å². The van der Waals surface area contributed by atoms with E-state index in [1.807, 2.05) is 27.7 Å². The second-order valence-electron chi connectivity index (χ2n) is 2.23. The van der Waals surface area contributed by atoms with E-state index in [-0.39, 0.29) is 29.3 Å². The van der Waals surface area contributed by atoms with Crippen LogP contribution in [0.3, 0.4) is 0 Å². The third kappa shape index (κ3) is 9.96. The molecule has 0 aromatic rings. The molecule has 0 spiro atoms. The van der Waals surface area contributed by atoms with Crippen LogP contribution in [-0.4, -0.2) is 54.9 Å². The molecule has 0 N–H and O–H groups in total. The molecule has 0 aliphatic rings. The lowest BCUT2D eigenvalue weighted by atomic mass is 10.8. The number of hydrogen-bond acceptors (Lipinski definition) is 4. The largest absolute Gasteiger partial charge is 0.679 e. The smallest absolute Gasteiger partial charge is 0.351 e. The molecule has 8 heteroatoms. The summed E-state index contributed by atoms with van der Waals surface area (Å²) in [5.41, 5.74) is 0. The Labute approximate surface area is 110 Å². The molecular formula is C8H30BO4PSi2. The van der Waals surface area contributed by atoms with Crippen molar-refractivity contribution in [3.63, 3.8) is 0 Å². The van der Waals surface area contributed by atoms with Crippen LogP contribution in [0.4, 0.5) is 0 Å². The lowest BCUT2D eigenvalue weighted by Gasteiger charge is -2.26. The number of hydrogen-bond donors (Lipinski definition) is 0. The summed E-state index contributed by atoms with van der Waals surface area (Å²) in [5, 5.41) is 0. The Morgan fingerprint density at radius 2 is 0.875 bits per heavy atom. The molecule has 0 aliphatic heterocycles. The van der Waals surface area contributed by atoms with Crippen LogP contribution in [0.25, 0.3) is 0 Å². The lowest BCUT2D eigenvalue weighted by Crippen LogP contribution is -2.49. The summed E-state index contributed by atoms with van der Waals surface area (Å²) in [5.74, 6) is 0. The summed E-state index contributed by atoms with van der Waals surface area (Å²) >= 11 is 0. The van der Waals surface area contributed by atoms with Gasteiger partial charge in [-0.3, -0.25) is 0 Å². The average molecular weight is 288 g/mol. The second kappa shape index (κ2) is 15.8. The second-order valence-corrected chi connectivity index (χ2v) is 4.39. The molecule has 4 nitrogen and oxygen atoms in total. The maximum absolute atomic E-state index is 5.42. The first kappa shape index (κ1) is 25.6. The van der Waals surface area contributed by atoms with Gasteiger partial charge in [0, 0.05) is 26.4 Å². The first-order valence-electron chi connectivity index (χ1n) is 4.80. The first-order valence-corrected chi connectivity index (χ1v) is 6.43. The van der Waals surface area contributed by atoms with E-state index in [2.05, 4.69) is 0 Å². The maximum atomic E-state index is 5.42. The summed E-state index contributed by atoms with van der Waals surface area (Å²) < 4.78 is 21.7. The minimum Gasteiger partial charge on any atom is -0.351 e. The summed E-state index contributed by atoms with van der Waals surface area (Å²) in [4.78, 5) is 0. The SMILES string of the molecule is B.CCO[Si](OCC)(OCC)OCC.P.[SiH4]. The Morgan fingerprint density at radius 3 is 1.00 bits per heavy atom. The van der Waals surface area contributed by atoms with E-state index >= 15 is 0 Å². The highest BCUT2D eigenvalue weighted by atomic mass is 31.0. The molecule has 0 rings (SSSR count). The molecule has 102 valence electrons. The van der Waals surface area contributed by atoms with Crippen LogP contribution in [0.5, 0.6) is 0 Å². The first-order chi connectivity index (χ1) is 6.24. The molecule has 0 heterocycles. The van der Waals surface area contributed by atoms with Crippen molar-refractivity contribution >= 4 is 38.3 Å². The van der Waals surface area contributed by atoms with E-state index in [1.54, 1.807) is 0 Å². The normalized spacial score (nSPS) is 9.75. The Hall–Kier alpha value is 0.769. The highest BCUT2D eigenvalue weighted by Gasteiger charge is 2.44. The Bertz CT molecular complexity index is 105. The minimum absolute atomic E-state index is 0. The molecule has 1 atom stereocenters. The van der Waals surface area contributed by atoms with Crippen molar-refractivity contribution in [2.45, 2.75) is 27.7 Å². The summed E-state index contributed by atoms with van der Waals surface area (Å²) in [6, 6.07) is 0. The lowest BCUT2D eigenvalue weighted by molar-refractivity contribution is -0.0247. The van der Waals surface area contributed by atoms with Gasteiger partial charge in [-0.15, -0.1) is 0 Å². The van der Waals surface area contributed by atoms with Crippen molar-refractivity contribution in [1.82, 2.24) is 0 Å². The van der Waals surface area contributed by atoms with Crippen molar-refractivity contribution in [2.75, 3.05) is 26.4 Å². The van der Waals surface area contributed by atoms with E-state index in [9.17, 15) is 0 Å². The molecule has 0 aromatic carbocycles. The Balaban J connectivity index is -0.000000240. The third-order valence-corrected chi connectivity index (χ3v) is 3.85. The summed E-state index contributed by atoms with van der Waals surface area (Å²) in [7, 11) is -2.80. The van der Waals surface area contributed by atoms with E-state index in [1.165, 1.54) is 0 Å². The van der Waals surface area contributed by atoms with E-state index in [0.717, 1.165) is 0 Å². The van der Waals surface area contributed by atoms with Gasteiger partial charge in [-0.2, -0.15) is 9.90 Å². The van der Waals surface area contributed by atoms with Gasteiger partial charge in [-0.25, -0.2) is 0 Å². The van der Waals surface area contributed by atoms with Crippen LogP contribution in [0.15, 0.2) is 0 Å². The third-order valence-electron chi connectivity index (χ3n) is 1.28. The Kier molecular flexibility index (Phi) is 25.2. The molecule has 0 bridgehead atoms. The quantitative estimate of drug-likeness (QED) is 0.424. The van der Waals surface area contributed by atoms with Gasteiger partial charge in [-0.05, 0) is 38.7 Å². The van der Waals surface area contributed by atoms with Gasteiger partial charge in [0.1, 0.15) is 0 Å². The highest BCUT2D eigenvalue weighted by Crippen LogP contribution is 2.11. The Morgan fingerprint density at radius 1 is 0.688 bits per heavy atom. The van der Waals surface area contributed by atoms with E-state index in [0.29, 0.717) is 26.4 Å². The zero-order chi connectivity index (χ0) is 10.2. The van der Waals surface area contributed by atoms with Crippen LogP contribution in [0.2, 0.25) is 0 Å². The molecule has 0 aromatic heterocycles. The van der Waals surface area contributed by atoms with Crippen molar-refractivity contribution in [3.05, 3.63) is 0 Å². The molecule has 1 unspecified atom stereocenters. The van der Waals surface area contributed by atoms with Crippen LogP contribution >= 0.6 is 9.90 Å². The van der Waals surface area contributed by atoms with Gasteiger partial charge in [0.25, 0.3) is 0 Å². The highest BCUT2D eigenvalue weighted by molar-refractivity contribution is 6.92. The minimum atomic E-state index is -2.80. The maximum Gasteiger partial charge on any atom is 0.679 e. The number of rotatable bonds is 8. The van der Waals surface area contributed by atoms with Gasteiger partial charge >= 0.3 is 9.05 Å². The van der Waals surface area contributed by atoms with E-state index < -0.39 is 9.05 Å². The van der Waals surface area contributed by atoms with Crippen LogP contribution in [-0.2, 0) is 17.7 Å². The summed E-state index contributed by atoms with van der Waals surface area (Å²) in [6.07, 6.45) is 0. The molecule has 0 aliphatic carbocycles. The monoisotopic (exact) mass is 288 g/mol.